The van der Waals surface area contributed by atoms with Gasteiger partial charge in [0.25, 0.3) is 0 Å². The minimum Gasteiger partial charge on any atom is -0.369 e. The van der Waals surface area contributed by atoms with Crippen LogP contribution in [0.5, 0.6) is 0 Å². The van der Waals surface area contributed by atoms with Crippen LogP contribution in [0.4, 0.5) is 24.8 Å². The van der Waals surface area contributed by atoms with E-state index in [2.05, 4.69) is 9.97 Å². The number of nitrogens with two attached hydrogens (primary N) is 1. The second kappa shape index (κ2) is 7.56. The van der Waals surface area contributed by atoms with Gasteiger partial charge in [0.2, 0.25) is 0 Å². The Labute approximate surface area is 178 Å². The largest absolute Gasteiger partial charge is 0.511 e. The molecule has 0 saturated heterocycles. The van der Waals surface area contributed by atoms with Gasteiger partial charge in [-0.1, -0.05) is 17.7 Å². The van der Waals surface area contributed by atoms with Crippen molar-refractivity contribution in [2.24, 2.45) is 0 Å². The SMILES string of the molecule is CC1=C(C2CN(S(=O)(=O)C(F)(F)F)Cc3c(C)cccc3N2Cc2cnc(N)[nH]2)CC1. The molecule has 0 saturated carbocycles. The number of rotatable bonds is 4. The maximum atomic E-state index is 13.5. The van der Waals surface area contributed by atoms with E-state index in [9.17, 15) is 21.6 Å². The Morgan fingerprint density at radius 2 is 2.00 bits per heavy atom. The number of nitrogens with zero attached hydrogens (tertiary/aromatic N) is 3. The van der Waals surface area contributed by atoms with Crippen molar-refractivity contribution < 1.29 is 21.6 Å². The van der Waals surface area contributed by atoms with E-state index >= 15 is 0 Å². The molecule has 0 bridgehead atoms. The van der Waals surface area contributed by atoms with Crippen molar-refractivity contribution in [3.05, 3.63) is 52.4 Å². The summed E-state index contributed by atoms with van der Waals surface area (Å²) in [7, 11) is -5.50. The number of benzene rings is 1. The second-order valence-corrected chi connectivity index (χ2v) is 9.99. The number of hydrogen-bond acceptors (Lipinski definition) is 5. The van der Waals surface area contributed by atoms with Crippen LogP contribution in [-0.4, -0.2) is 40.8 Å². The molecule has 3 N–H and O–H groups in total. The van der Waals surface area contributed by atoms with Crippen LogP contribution in [0.15, 0.2) is 35.5 Å². The van der Waals surface area contributed by atoms with Gasteiger partial charge in [0.1, 0.15) is 0 Å². The molecular formula is C20H24F3N5O2S. The molecule has 1 aliphatic heterocycles. The summed E-state index contributed by atoms with van der Waals surface area (Å²) in [6.07, 6.45) is 3.15. The highest BCUT2D eigenvalue weighted by Gasteiger charge is 2.52. The van der Waals surface area contributed by atoms with Crippen molar-refractivity contribution in [1.29, 1.82) is 0 Å². The number of hydrogen-bond donors (Lipinski definition) is 2. The van der Waals surface area contributed by atoms with Gasteiger partial charge < -0.3 is 15.6 Å². The number of alkyl halides is 3. The minimum atomic E-state index is -5.50. The van der Waals surface area contributed by atoms with Crippen LogP contribution in [0.2, 0.25) is 0 Å². The molecule has 1 unspecified atom stereocenters. The third-order valence-corrected chi connectivity index (χ3v) is 7.67. The number of imidazole rings is 1. The van der Waals surface area contributed by atoms with E-state index in [1.165, 1.54) is 0 Å². The molecule has 1 aliphatic carbocycles. The van der Waals surface area contributed by atoms with Gasteiger partial charge in [0.15, 0.2) is 5.95 Å². The average Bonchev–Trinajstić information content (AvgIpc) is 3.01. The molecule has 7 nitrogen and oxygen atoms in total. The fourth-order valence-corrected chi connectivity index (χ4v) is 5.23. The van der Waals surface area contributed by atoms with Gasteiger partial charge in [0, 0.05) is 18.8 Å². The standard InChI is InChI=1S/C20H24F3N5O2S/c1-12-4-3-5-17-16(12)10-27(31(29,30)20(21,22)23)11-18(15-7-6-13(15)2)28(17)9-14-8-25-19(24)26-14/h3-5,8,18H,6-7,9-11H2,1-2H3,(H3,24,25,26). The maximum absolute atomic E-state index is 13.5. The van der Waals surface area contributed by atoms with Gasteiger partial charge >= 0.3 is 15.5 Å². The number of fused-ring (bicyclic) bond motifs is 1. The number of aromatic amines is 1. The topological polar surface area (TPSA) is 95.3 Å². The zero-order valence-corrected chi connectivity index (χ0v) is 18.0. The Kier molecular flexibility index (Phi) is 5.29. The summed E-state index contributed by atoms with van der Waals surface area (Å²) in [5.74, 6) is 0.242. The molecule has 31 heavy (non-hydrogen) atoms. The van der Waals surface area contributed by atoms with Crippen molar-refractivity contribution in [2.75, 3.05) is 17.2 Å². The lowest BCUT2D eigenvalue weighted by atomic mass is 9.83. The Morgan fingerprint density at radius 1 is 1.26 bits per heavy atom. The number of allylic oxidation sites excluding steroid dienone is 1. The molecule has 4 rings (SSSR count). The van der Waals surface area contributed by atoms with Gasteiger partial charge in [-0.15, -0.1) is 0 Å². The number of aromatic nitrogens is 2. The van der Waals surface area contributed by atoms with E-state index in [-0.39, 0.29) is 19.0 Å². The Bertz CT molecular complexity index is 1140. The van der Waals surface area contributed by atoms with Crippen LogP contribution in [0.25, 0.3) is 0 Å². The molecule has 2 heterocycles. The maximum Gasteiger partial charge on any atom is 0.511 e. The monoisotopic (exact) mass is 455 g/mol. The highest BCUT2D eigenvalue weighted by atomic mass is 32.2. The van der Waals surface area contributed by atoms with Crippen molar-refractivity contribution in [3.8, 4) is 0 Å². The summed E-state index contributed by atoms with van der Waals surface area (Å²) in [5, 5.41) is 0. The van der Waals surface area contributed by atoms with Crippen LogP contribution in [-0.2, 0) is 23.1 Å². The third-order valence-electron chi connectivity index (χ3n) is 6.12. The molecular weight excluding hydrogens is 431 g/mol. The first kappa shape index (κ1) is 21.7. The van der Waals surface area contributed by atoms with Crippen LogP contribution >= 0.6 is 0 Å². The quantitative estimate of drug-likeness (QED) is 0.689. The van der Waals surface area contributed by atoms with E-state index in [0.29, 0.717) is 27.8 Å². The fraction of sp³-hybridized carbons (Fsp3) is 0.450. The van der Waals surface area contributed by atoms with E-state index in [1.807, 2.05) is 24.0 Å². The normalized spacial score (nSPS) is 20.4. The molecule has 1 aromatic carbocycles. The highest BCUT2D eigenvalue weighted by Crippen LogP contribution is 2.41. The number of anilines is 2. The van der Waals surface area contributed by atoms with Crippen LogP contribution in [0, 0.1) is 6.92 Å². The summed E-state index contributed by atoms with van der Waals surface area (Å²) in [4.78, 5) is 8.94. The van der Waals surface area contributed by atoms with Crippen molar-refractivity contribution in [2.45, 2.75) is 51.3 Å². The number of aryl methyl sites for hydroxylation is 1. The summed E-state index contributed by atoms with van der Waals surface area (Å²) in [6.45, 7) is 3.40. The number of sulfonamides is 1. The predicted molar refractivity (Wildman–Crippen MR) is 111 cm³/mol. The minimum absolute atomic E-state index is 0.242. The lowest BCUT2D eigenvalue weighted by molar-refractivity contribution is -0.0491. The molecule has 0 spiro atoms. The average molecular weight is 456 g/mol. The smallest absolute Gasteiger partial charge is 0.369 e. The first-order chi connectivity index (χ1) is 14.5. The summed E-state index contributed by atoms with van der Waals surface area (Å²) in [6, 6.07) is 4.90. The molecule has 1 atom stereocenters. The third kappa shape index (κ3) is 3.80. The second-order valence-electron chi connectivity index (χ2n) is 8.06. The van der Waals surface area contributed by atoms with Gasteiger partial charge in [0.05, 0.1) is 24.5 Å². The molecule has 0 fully saturated rings. The van der Waals surface area contributed by atoms with Gasteiger partial charge in [-0.3, -0.25) is 0 Å². The van der Waals surface area contributed by atoms with Crippen molar-refractivity contribution in [1.82, 2.24) is 14.3 Å². The number of halogens is 3. The Morgan fingerprint density at radius 3 is 2.55 bits per heavy atom. The van der Waals surface area contributed by atoms with E-state index in [0.717, 1.165) is 29.6 Å². The Balaban J connectivity index is 1.87. The Hall–Kier alpha value is -2.53. The molecule has 1 aromatic heterocycles. The lowest BCUT2D eigenvalue weighted by Crippen LogP contribution is -2.48. The van der Waals surface area contributed by atoms with Crippen LogP contribution < -0.4 is 10.6 Å². The van der Waals surface area contributed by atoms with E-state index in [4.69, 9.17) is 5.73 Å². The molecule has 2 aliphatic rings. The number of H-pyrrole nitrogens is 1. The lowest BCUT2D eigenvalue weighted by Gasteiger charge is -2.39. The highest BCUT2D eigenvalue weighted by molar-refractivity contribution is 7.89. The fourth-order valence-electron chi connectivity index (χ4n) is 4.30. The van der Waals surface area contributed by atoms with Gasteiger partial charge in [-0.05, 0) is 49.5 Å². The van der Waals surface area contributed by atoms with Crippen molar-refractivity contribution in [3.63, 3.8) is 0 Å². The number of nitrogen functional groups attached to an aromatic ring is 1. The van der Waals surface area contributed by atoms with Crippen LogP contribution in [0.3, 0.4) is 0 Å². The first-order valence-corrected chi connectivity index (χ1v) is 11.3. The summed E-state index contributed by atoms with van der Waals surface area (Å²) < 4.78 is 65.9. The molecule has 168 valence electrons. The first-order valence-electron chi connectivity index (χ1n) is 9.88. The van der Waals surface area contributed by atoms with E-state index in [1.54, 1.807) is 19.2 Å². The summed E-state index contributed by atoms with van der Waals surface area (Å²) >= 11 is 0. The van der Waals surface area contributed by atoms with Crippen LogP contribution in [0.1, 0.15) is 36.6 Å². The predicted octanol–water partition coefficient (Wildman–Crippen LogP) is 3.45. The molecule has 11 heteroatoms. The zero-order chi connectivity index (χ0) is 22.6. The molecule has 2 aromatic rings. The zero-order valence-electron chi connectivity index (χ0n) is 17.2. The van der Waals surface area contributed by atoms with Gasteiger partial charge in [-0.2, -0.15) is 17.5 Å². The number of nitrogens with one attached hydrogen (secondary N) is 1. The summed E-state index contributed by atoms with van der Waals surface area (Å²) in [5.41, 5.74) is 5.10. The molecule has 0 radical (unpaired) electrons. The molecule has 0 amide bonds. The van der Waals surface area contributed by atoms with Gasteiger partial charge in [-0.25, -0.2) is 13.4 Å². The van der Waals surface area contributed by atoms with Crippen molar-refractivity contribution >= 4 is 21.7 Å². The van der Waals surface area contributed by atoms with E-state index < -0.39 is 21.6 Å².